The van der Waals surface area contributed by atoms with E-state index < -0.39 is 11.6 Å². The Kier molecular flexibility index (Phi) is 3.29. The van der Waals surface area contributed by atoms with Gasteiger partial charge in [-0.1, -0.05) is 6.07 Å². The van der Waals surface area contributed by atoms with Gasteiger partial charge in [0.15, 0.2) is 11.6 Å². The van der Waals surface area contributed by atoms with E-state index >= 15 is 0 Å². The molecule has 0 unspecified atom stereocenters. The van der Waals surface area contributed by atoms with Gasteiger partial charge in [0.05, 0.1) is 6.20 Å². The Morgan fingerprint density at radius 3 is 2.74 bits per heavy atom. The third kappa shape index (κ3) is 2.81. The van der Waals surface area contributed by atoms with Gasteiger partial charge in [0.25, 0.3) is 0 Å². The first-order chi connectivity index (χ1) is 9.20. The Hall–Kier alpha value is -1.75. The summed E-state index contributed by atoms with van der Waals surface area (Å²) in [6.45, 7) is 2.87. The van der Waals surface area contributed by atoms with Crippen LogP contribution in [0.4, 0.5) is 8.78 Å². The Balaban J connectivity index is 1.49. The zero-order valence-corrected chi connectivity index (χ0v) is 10.4. The summed E-state index contributed by atoms with van der Waals surface area (Å²) in [6, 6.07) is 4.16. The largest absolute Gasteiger partial charge is 0.298 e. The zero-order valence-electron chi connectivity index (χ0n) is 10.4. The van der Waals surface area contributed by atoms with Crippen molar-refractivity contribution in [3.05, 3.63) is 53.4 Å². The Morgan fingerprint density at radius 1 is 1.21 bits per heavy atom. The molecular weight excluding hydrogens is 248 g/mol. The average molecular weight is 263 g/mol. The van der Waals surface area contributed by atoms with E-state index in [1.807, 2.05) is 12.4 Å². The van der Waals surface area contributed by atoms with E-state index in [-0.39, 0.29) is 0 Å². The minimum Gasteiger partial charge on any atom is -0.298 e. The molecule has 0 bridgehead atoms. The van der Waals surface area contributed by atoms with Gasteiger partial charge < -0.3 is 0 Å². The number of nitrogens with zero attached hydrogens (tertiary/aromatic N) is 2. The lowest BCUT2D eigenvalue weighted by molar-refractivity contribution is 0.0925. The van der Waals surface area contributed by atoms with Crippen molar-refractivity contribution in [2.24, 2.45) is 5.92 Å². The molecular formula is C14H15F2N3. The van der Waals surface area contributed by atoms with Crippen molar-refractivity contribution >= 4 is 0 Å². The second-order valence-corrected chi connectivity index (χ2v) is 5.12. The highest BCUT2D eigenvalue weighted by molar-refractivity contribution is 5.19. The lowest BCUT2D eigenvalue weighted by Gasteiger charge is -2.39. The van der Waals surface area contributed by atoms with Crippen LogP contribution < -0.4 is 0 Å². The van der Waals surface area contributed by atoms with Gasteiger partial charge in [0.1, 0.15) is 0 Å². The van der Waals surface area contributed by atoms with Crippen molar-refractivity contribution in [3.63, 3.8) is 0 Å². The molecule has 1 aromatic heterocycles. The molecule has 3 rings (SSSR count). The van der Waals surface area contributed by atoms with Gasteiger partial charge in [0, 0.05) is 31.4 Å². The van der Waals surface area contributed by atoms with Crippen molar-refractivity contribution in [3.8, 4) is 0 Å². The molecule has 3 nitrogen and oxygen atoms in total. The van der Waals surface area contributed by atoms with Gasteiger partial charge >= 0.3 is 0 Å². The Labute approximate surface area is 110 Å². The molecule has 19 heavy (non-hydrogen) atoms. The predicted molar refractivity (Wildman–Crippen MR) is 67.4 cm³/mol. The maximum atomic E-state index is 13.1. The molecule has 0 saturated carbocycles. The number of rotatable bonds is 4. The van der Waals surface area contributed by atoms with Crippen molar-refractivity contribution in [2.75, 3.05) is 13.1 Å². The number of hydrogen-bond donors (Lipinski definition) is 1. The summed E-state index contributed by atoms with van der Waals surface area (Å²) in [7, 11) is 0. The fraction of sp³-hybridized carbons (Fsp3) is 0.357. The van der Waals surface area contributed by atoms with E-state index in [2.05, 4.69) is 15.1 Å². The Morgan fingerprint density at radius 2 is 2.05 bits per heavy atom. The highest BCUT2D eigenvalue weighted by atomic mass is 19.2. The summed E-state index contributed by atoms with van der Waals surface area (Å²) >= 11 is 0. The normalized spacial score (nSPS) is 16.5. The number of H-pyrrole nitrogens is 1. The lowest BCUT2D eigenvalue weighted by atomic mass is 9.92. The fourth-order valence-electron chi connectivity index (χ4n) is 2.56. The smallest absolute Gasteiger partial charge is 0.159 e. The van der Waals surface area contributed by atoms with Crippen molar-refractivity contribution in [1.82, 2.24) is 15.1 Å². The van der Waals surface area contributed by atoms with Gasteiger partial charge in [-0.15, -0.1) is 0 Å². The van der Waals surface area contributed by atoms with Crippen molar-refractivity contribution < 1.29 is 8.78 Å². The van der Waals surface area contributed by atoms with E-state index in [9.17, 15) is 8.78 Å². The van der Waals surface area contributed by atoms with Crippen LogP contribution in [0, 0.1) is 17.6 Å². The number of nitrogens with one attached hydrogen (secondary N) is 1. The van der Waals surface area contributed by atoms with E-state index in [1.165, 1.54) is 17.7 Å². The van der Waals surface area contributed by atoms with Gasteiger partial charge in [-0.3, -0.25) is 10.00 Å². The minimum atomic E-state index is -0.779. The standard InChI is InChI=1S/C14H15F2N3/c15-13-2-1-10(4-14(13)16)3-11-7-19(8-11)9-12-5-17-18-6-12/h1-2,4-6,11H,3,7-9H2,(H,17,18). The molecule has 0 radical (unpaired) electrons. The SMILES string of the molecule is Fc1ccc(CC2CN(Cc3cn[nH]c3)C2)cc1F. The quantitative estimate of drug-likeness (QED) is 0.918. The van der Waals surface area contributed by atoms with Crippen LogP contribution in [0.1, 0.15) is 11.1 Å². The minimum absolute atomic E-state index is 0.525. The Bertz CT molecular complexity index is 548. The fourth-order valence-corrected chi connectivity index (χ4v) is 2.56. The summed E-state index contributed by atoms with van der Waals surface area (Å²) in [4.78, 5) is 2.31. The number of likely N-dealkylation sites (tertiary alicyclic amines) is 1. The summed E-state index contributed by atoms with van der Waals surface area (Å²) in [5.41, 5.74) is 2.04. The first-order valence-electron chi connectivity index (χ1n) is 6.34. The molecule has 100 valence electrons. The monoisotopic (exact) mass is 263 g/mol. The summed E-state index contributed by atoms with van der Waals surface area (Å²) in [6.07, 6.45) is 4.52. The lowest BCUT2D eigenvalue weighted by Crippen LogP contribution is -2.46. The summed E-state index contributed by atoms with van der Waals surface area (Å²) in [5, 5.41) is 6.70. The third-order valence-corrected chi connectivity index (χ3v) is 3.50. The molecule has 1 saturated heterocycles. The maximum Gasteiger partial charge on any atom is 0.159 e. The zero-order chi connectivity index (χ0) is 13.2. The number of benzene rings is 1. The van der Waals surface area contributed by atoms with Crippen LogP contribution in [0.3, 0.4) is 0 Å². The van der Waals surface area contributed by atoms with Crippen molar-refractivity contribution in [2.45, 2.75) is 13.0 Å². The van der Waals surface area contributed by atoms with E-state index in [4.69, 9.17) is 0 Å². The number of aromatic nitrogens is 2. The molecule has 0 spiro atoms. The van der Waals surface area contributed by atoms with Crippen molar-refractivity contribution in [1.29, 1.82) is 0 Å². The molecule has 1 aromatic carbocycles. The van der Waals surface area contributed by atoms with E-state index in [0.29, 0.717) is 5.92 Å². The molecule has 2 heterocycles. The van der Waals surface area contributed by atoms with Crippen LogP contribution in [0.5, 0.6) is 0 Å². The number of halogens is 2. The van der Waals surface area contributed by atoms with Crippen LogP contribution in [0.2, 0.25) is 0 Å². The molecule has 2 aromatic rings. The first kappa shape index (κ1) is 12.3. The van der Waals surface area contributed by atoms with Gasteiger partial charge in [-0.2, -0.15) is 5.10 Å². The molecule has 0 atom stereocenters. The maximum absolute atomic E-state index is 13.1. The molecule has 1 aliphatic rings. The summed E-state index contributed by atoms with van der Waals surface area (Å²) in [5.74, 6) is -1.01. The van der Waals surface area contributed by atoms with Crippen LogP contribution in [-0.4, -0.2) is 28.2 Å². The number of aromatic amines is 1. The molecule has 0 amide bonds. The molecule has 1 fully saturated rings. The number of hydrogen-bond acceptors (Lipinski definition) is 2. The van der Waals surface area contributed by atoms with Gasteiger partial charge in [0.2, 0.25) is 0 Å². The van der Waals surface area contributed by atoms with Crippen LogP contribution in [0.25, 0.3) is 0 Å². The molecule has 5 heteroatoms. The third-order valence-electron chi connectivity index (χ3n) is 3.50. The van der Waals surface area contributed by atoms with E-state index in [1.54, 1.807) is 6.07 Å². The molecule has 0 aliphatic carbocycles. The molecule has 1 aliphatic heterocycles. The molecule has 1 N–H and O–H groups in total. The predicted octanol–water partition coefficient (Wildman–Crippen LogP) is 2.36. The van der Waals surface area contributed by atoms with Crippen LogP contribution in [-0.2, 0) is 13.0 Å². The topological polar surface area (TPSA) is 31.9 Å². The average Bonchev–Trinajstić information content (AvgIpc) is 2.84. The summed E-state index contributed by atoms with van der Waals surface area (Å²) < 4.78 is 25.9. The second-order valence-electron chi connectivity index (χ2n) is 5.12. The van der Waals surface area contributed by atoms with Crippen LogP contribution in [0.15, 0.2) is 30.6 Å². The van der Waals surface area contributed by atoms with E-state index in [0.717, 1.165) is 31.6 Å². The highest BCUT2D eigenvalue weighted by Gasteiger charge is 2.26. The first-order valence-corrected chi connectivity index (χ1v) is 6.34. The highest BCUT2D eigenvalue weighted by Crippen LogP contribution is 2.22. The van der Waals surface area contributed by atoms with Crippen LogP contribution >= 0.6 is 0 Å². The van der Waals surface area contributed by atoms with Gasteiger partial charge in [-0.25, -0.2) is 8.78 Å². The van der Waals surface area contributed by atoms with Gasteiger partial charge in [-0.05, 0) is 30.0 Å². The second kappa shape index (κ2) is 5.09.